The van der Waals surface area contributed by atoms with Crippen LogP contribution in [0.4, 0.5) is 5.69 Å². The van der Waals surface area contributed by atoms with Crippen molar-refractivity contribution in [1.82, 2.24) is 9.38 Å². The molecule has 0 spiro atoms. The number of nitrogens with two attached hydrogens (primary N) is 1. The summed E-state index contributed by atoms with van der Waals surface area (Å²) in [5.41, 5.74) is 6.50. The number of hydrogen-bond acceptors (Lipinski definition) is 5. The van der Waals surface area contributed by atoms with Crippen LogP contribution in [0.1, 0.15) is 16.3 Å². The molecule has 118 valence electrons. The van der Waals surface area contributed by atoms with Crippen molar-refractivity contribution in [1.29, 1.82) is 0 Å². The fourth-order valence-corrected chi connectivity index (χ4v) is 2.32. The van der Waals surface area contributed by atoms with E-state index in [9.17, 15) is 9.90 Å². The molecule has 1 aromatic carbocycles. The van der Waals surface area contributed by atoms with E-state index in [-0.39, 0.29) is 12.3 Å². The largest absolute Gasteiger partial charge is 0.497 e. The number of ether oxygens (including phenoxy) is 2. The Kier molecular flexibility index (Phi) is 3.76. The van der Waals surface area contributed by atoms with Crippen LogP contribution in [-0.4, -0.2) is 27.6 Å². The second kappa shape index (κ2) is 5.88. The van der Waals surface area contributed by atoms with Crippen LogP contribution in [0.15, 0.2) is 42.6 Å². The first-order valence-electron chi connectivity index (χ1n) is 6.85. The van der Waals surface area contributed by atoms with Crippen LogP contribution in [-0.2, 0) is 6.61 Å². The molecule has 0 unspecified atom stereocenters. The van der Waals surface area contributed by atoms with Gasteiger partial charge in [0.2, 0.25) is 0 Å². The van der Waals surface area contributed by atoms with E-state index in [1.165, 1.54) is 0 Å². The predicted octanol–water partition coefficient (Wildman–Crippen LogP) is 2.20. The number of aromatic carboxylic acids is 1. The van der Waals surface area contributed by atoms with Gasteiger partial charge in [-0.05, 0) is 24.3 Å². The van der Waals surface area contributed by atoms with E-state index in [4.69, 9.17) is 15.2 Å². The standard InChI is InChI=1S/C16H15N3O4/c1-22-10-4-2-5-11(8-10)23-9-13-18-14(16(20)21)15-12(17)6-3-7-19(13)15/h2-8H,9,17H2,1H3,(H,20,21). The zero-order chi connectivity index (χ0) is 16.4. The first-order valence-corrected chi connectivity index (χ1v) is 6.85. The molecule has 0 saturated carbocycles. The van der Waals surface area contributed by atoms with Crippen molar-refractivity contribution in [2.24, 2.45) is 0 Å². The number of nitrogen functional groups attached to an aromatic ring is 1. The van der Waals surface area contributed by atoms with E-state index in [2.05, 4.69) is 4.98 Å². The van der Waals surface area contributed by atoms with Crippen molar-refractivity contribution >= 4 is 17.2 Å². The van der Waals surface area contributed by atoms with Gasteiger partial charge in [-0.2, -0.15) is 0 Å². The van der Waals surface area contributed by atoms with Gasteiger partial charge in [0.25, 0.3) is 0 Å². The number of pyridine rings is 1. The Morgan fingerprint density at radius 3 is 2.83 bits per heavy atom. The smallest absolute Gasteiger partial charge is 0.356 e. The molecule has 3 rings (SSSR count). The molecule has 3 N–H and O–H groups in total. The van der Waals surface area contributed by atoms with Gasteiger partial charge in [0.05, 0.1) is 12.8 Å². The van der Waals surface area contributed by atoms with Crippen LogP contribution in [0.2, 0.25) is 0 Å². The van der Waals surface area contributed by atoms with Crippen molar-refractivity contribution in [2.45, 2.75) is 6.61 Å². The number of anilines is 1. The molecule has 0 aliphatic rings. The lowest BCUT2D eigenvalue weighted by molar-refractivity contribution is 0.0693. The Hall–Kier alpha value is -3.22. The molecule has 0 atom stereocenters. The minimum Gasteiger partial charge on any atom is -0.497 e. The molecule has 0 aliphatic heterocycles. The topological polar surface area (TPSA) is 99.1 Å². The predicted molar refractivity (Wildman–Crippen MR) is 83.9 cm³/mol. The summed E-state index contributed by atoms with van der Waals surface area (Å²) in [6, 6.07) is 10.5. The molecule has 2 aromatic heterocycles. The maximum Gasteiger partial charge on any atom is 0.356 e. The Labute approximate surface area is 131 Å². The van der Waals surface area contributed by atoms with Crippen LogP contribution in [0.3, 0.4) is 0 Å². The van der Waals surface area contributed by atoms with Crippen LogP contribution in [0, 0.1) is 0 Å². The van der Waals surface area contributed by atoms with Crippen LogP contribution in [0.25, 0.3) is 5.52 Å². The van der Waals surface area contributed by atoms with Crippen LogP contribution in [0.5, 0.6) is 11.5 Å². The summed E-state index contributed by atoms with van der Waals surface area (Å²) in [6.07, 6.45) is 1.70. The lowest BCUT2D eigenvalue weighted by Gasteiger charge is -2.07. The number of hydrogen-bond donors (Lipinski definition) is 2. The monoisotopic (exact) mass is 313 g/mol. The number of methoxy groups -OCH3 is 1. The molecule has 7 heteroatoms. The fourth-order valence-electron chi connectivity index (χ4n) is 2.32. The average molecular weight is 313 g/mol. The summed E-state index contributed by atoms with van der Waals surface area (Å²) in [6.45, 7) is 0.102. The Bertz CT molecular complexity index is 873. The van der Waals surface area contributed by atoms with Crippen LogP contribution < -0.4 is 15.2 Å². The highest BCUT2D eigenvalue weighted by atomic mass is 16.5. The summed E-state index contributed by atoms with van der Waals surface area (Å²) < 4.78 is 12.4. The minimum absolute atomic E-state index is 0.0904. The second-order valence-electron chi connectivity index (χ2n) is 4.83. The molecule has 23 heavy (non-hydrogen) atoms. The maximum atomic E-state index is 11.3. The third-order valence-electron chi connectivity index (χ3n) is 3.38. The number of aromatic nitrogens is 2. The summed E-state index contributed by atoms with van der Waals surface area (Å²) in [4.78, 5) is 15.5. The van der Waals surface area contributed by atoms with E-state index in [0.717, 1.165) is 0 Å². The summed E-state index contributed by atoms with van der Waals surface area (Å²) in [7, 11) is 1.57. The molecule has 0 bridgehead atoms. The van der Waals surface area contributed by atoms with Crippen LogP contribution >= 0.6 is 0 Å². The maximum absolute atomic E-state index is 11.3. The summed E-state index contributed by atoms with van der Waals surface area (Å²) in [5, 5.41) is 9.29. The zero-order valence-electron chi connectivity index (χ0n) is 12.4. The quantitative estimate of drug-likeness (QED) is 0.749. The van der Waals surface area contributed by atoms with Crippen molar-refractivity contribution in [2.75, 3.05) is 12.8 Å². The molecular formula is C16H15N3O4. The lowest BCUT2D eigenvalue weighted by Crippen LogP contribution is -2.02. The number of carboxylic acid groups (broad SMARTS) is 1. The number of imidazole rings is 1. The number of fused-ring (bicyclic) bond motifs is 1. The van der Waals surface area contributed by atoms with Gasteiger partial charge in [0, 0.05) is 12.3 Å². The minimum atomic E-state index is -1.13. The van der Waals surface area contributed by atoms with E-state index >= 15 is 0 Å². The molecule has 0 amide bonds. The van der Waals surface area contributed by atoms with Crippen molar-refractivity contribution in [3.05, 3.63) is 54.1 Å². The number of carbonyl (C=O) groups is 1. The van der Waals surface area contributed by atoms with Crippen molar-refractivity contribution in [3.63, 3.8) is 0 Å². The van der Waals surface area contributed by atoms with Gasteiger partial charge in [-0.3, -0.25) is 4.40 Å². The Balaban J connectivity index is 1.94. The number of rotatable bonds is 5. The Morgan fingerprint density at radius 2 is 2.09 bits per heavy atom. The third kappa shape index (κ3) is 2.76. The first kappa shape index (κ1) is 14.7. The zero-order valence-corrected chi connectivity index (χ0v) is 12.4. The normalized spacial score (nSPS) is 10.7. The van der Waals surface area contributed by atoms with Crippen molar-refractivity contribution in [3.8, 4) is 11.5 Å². The third-order valence-corrected chi connectivity index (χ3v) is 3.38. The Morgan fingerprint density at radius 1 is 1.30 bits per heavy atom. The molecule has 0 fully saturated rings. The highest BCUT2D eigenvalue weighted by molar-refractivity contribution is 5.97. The molecule has 0 radical (unpaired) electrons. The molecule has 0 aliphatic carbocycles. The summed E-state index contributed by atoms with van der Waals surface area (Å²) >= 11 is 0. The van der Waals surface area contributed by atoms with Gasteiger partial charge in [0.1, 0.15) is 23.6 Å². The second-order valence-corrected chi connectivity index (χ2v) is 4.83. The van der Waals surface area contributed by atoms with E-state index in [1.807, 2.05) is 0 Å². The highest BCUT2D eigenvalue weighted by Gasteiger charge is 2.18. The number of nitrogens with zero attached hydrogens (tertiary/aromatic N) is 2. The van der Waals surface area contributed by atoms with Crippen molar-refractivity contribution < 1.29 is 19.4 Å². The van der Waals surface area contributed by atoms with Gasteiger partial charge >= 0.3 is 5.97 Å². The molecular weight excluding hydrogens is 298 g/mol. The van der Waals surface area contributed by atoms with Gasteiger partial charge in [-0.1, -0.05) is 6.07 Å². The number of benzene rings is 1. The van der Waals surface area contributed by atoms with E-state index < -0.39 is 5.97 Å². The highest BCUT2D eigenvalue weighted by Crippen LogP contribution is 2.23. The van der Waals surface area contributed by atoms with Gasteiger partial charge in [0.15, 0.2) is 11.5 Å². The molecule has 2 heterocycles. The van der Waals surface area contributed by atoms with Gasteiger partial charge < -0.3 is 20.3 Å². The van der Waals surface area contributed by atoms with Gasteiger partial charge in [-0.25, -0.2) is 9.78 Å². The molecule has 7 nitrogen and oxygen atoms in total. The molecule has 0 saturated heterocycles. The lowest BCUT2D eigenvalue weighted by atomic mass is 10.3. The first-order chi connectivity index (χ1) is 11.1. The SMILES string of the molecule is COc1cccc(OCc2nc(C(=O)O)c3c(N)cccn23)c1. The fraction of sp³-hybridized carbons (Fsp3) is 0.125. The average Bonchev–Trinajstić information content (AvgIpc) is 2.94. The van der Waals surface area contributed by atoms with E-state index in [0.29, 0.717) is 28.5 Å². The van der Waals surface area contributed by atoms with E-state index in [1.54, 1.807) is 54.1 Å². The van der Waals surface area contributed by atoms with Gasteiger partial charge in [-0.15, -0.1) is 0 Å². The molecule has 3 aromatic rings. The summed E-state index contributed by atoms with van der Waals surface area (Å²) in [5.74, 6) is 0.591. The number of carboxylic acids is 1.